The highest BCUT2D eigenvalue weighted by molar-refractivity contribution is 6.34. The zero-order chi connectivity index (χ0) is 11.7. The monoisotopic (exact) mass is 259 g/mol. The minimum absolute atomic E-state index is 0.00654. The summed E-state index contributed by atoms with van der Waals surface area (Å²) >= 11 is 12.0. The molecule has 1 aliphatic rings. The van der Waals surface area contributed by atoms with Crippen molar-refractivity contribution >= 4 is 34.8 Å². The van der Waals surface area contributed by atoms with E-state index in [0.717, 1.165) is 0 Å². The van der Waals surface area contributed by atoms with E-state index in [1.807, 2.05) is 0 Å². The lowest BCUT2D eigenvalue weighted by molar-refractivity contribution is -0.117. The van der Waals surface area contributed by atoms with Crippen molar-refractivity contribution in [2.75, 3.05) is 18.6 Å². The fourth-order valence-corrected chi connectivity index (χ4v) is 2.27. The second kappa shape index (κ2) is 4.52. The van der Waals surface area contributed by atoms with Crippen molar-refractivity contribution in [1.82, 2.24) is 0 Å². The van der Waals surface area contributed by atoms with E-state index in [-0.39, 0.29) is 11.3 Å². The zero-order valence-electron chi connectivity index (χ0n) is 8.74. The van der Waals surface area contributed by atoms with E-state index in [9.17, 15) is 4.79 Å². The van der Waals surface area contributed by atoms with E-state index in [1.54, 1.807) is 30.2 Å². The molecule has 0 aromatic heterocycles. The number of halogens is 2. The average Bonchev–Trinajstić information content (AvgIpc) is 2.57. The van der Waals surface area contributed by atoms with Gasteiger partial charge in [0.15, 0.2) is 0 Å². The smallest absolute Gasteiger partial charge is 0.228 e. The van der Waals surface area contributed by atoms with Crippen LogP contribution in [0.5, 0.6) is 5.75 Å². The first kappa shape index (κ1) is 11.6. The highest BCUT2D eigenvalue weighted by Crippen LogP contribution is 2.33. The average molecular weight is 260 g/mol. The molecule has 3 nitrogen and oxygen atoms in total. The highest BCUT2D eigenvalue weighted by atomic mass is 35.5. The third-order valence-corrected chi connectivity index (χ3v) is 3.12. The van der Waals surface area contributed by atoms with E-state index >= 15 is 0 Å². The van der Waals surface area contributed by atoms with Crippen molar-refractivity contribution in [3.05, 3.63) is 23.2 Å². The maximum Gasteiger partial charge on any atom is 0.228 e. The Labute approximate surface area is 104 Å². The predicted molar refractivity (Wildman–Crippen MR) is 64.6 cm³/mol. The van der Waals surface area contributed by atoms with Crippen LogP contribution in [0.25, 0.3) is 0 Å². The first-order chi connectivity index (χ1) is 7.61. The molecule has 1 atom stereocenters. The molecule has 1 aromatic carbocycles. The van der Waals surface area contributed by atoms with Gasteiger partial charge in [-0.05, 0) is 12.1 Å². The van der Waals surface area contributed by atoms with Gasteiger partial charge in [-0.3, -0.25) is 4.79 Å². The van der Waals surface area contributed by atoms with Crippen LogP contribution >= 0.6 is 23.2 Å². The zero-order valence-corrected chi connectivity index (χ0v) is 10.3. The lowest BCUT2D eigenvalue weighted by atomic mass is 10.3. The number of anilines is 1. The molecule has 0 saturated carbocycles. The van der Waals surface area contributed by atoms with Crippen LogP contribution in [0, 0.1) is 0 Å². The van der Waals surface area contributed by atoms with Crippen molar-refractivity contribution < 1.29 is 9.53 Å². The number of carbonyl (C=O) groups is 1. The Balaban J connectivity index is 2.30. The van der Waals surface area contributed by atoms with Crippen LogP contribution in [0.3, 0.4) is 0 Å². The maximum atomic E-state index is 11.6. The molecule has 0 N–H and O–H groups in total. The number of methoxy groups -OCH3 is 1. The summed E-state index contributed by atoms with van der Waals surface area (Å²) in [6.07, 6.45) is 0.365. The summed E-state index contributed by atoms with van der Waals surface area (Å²) in [5, 5.41) is 0.365. The molecule has 1 saturated heterocycles. The molecule has 5 heteroatoms. The van der Waals surface area contributed by atoms with E-state index in [4.69, 9.17) is 27.9 Å². The first-order valence-corrected chi connectivity index (χ1v) is 5.71. The quantitative estimate of drug-likeness (QED) is 0.765. The topological polar surface area (TPSA) is 29.5 Å². The number of carbonyl (C=O) groups excluding carboxylic acids is 1. The Morgan fingerprint density at radius 1 is 1.50 bits per heavy atom. The highest BCUT2D eigenvalue weighted by Gasteiger charge is 2.30. The molecule has 0 aliphatic carbocycles. The SMILES string of the molecule is COc1ccc(N2CC(Cl)CC2=O)c(Cl)c1. The molecular weight excluding hydrogens is 249 g/mol. The number of amides is 1. The Bertz CT molecular complexity index is 422. The van der Waals surface area contributed by atoms with Gasteiger partial charge in [0.1, 0.15) is 5.75 Å². The molecule has 0 radical (unpaired) electrons. The van der Waals surface area contributed by atoms with Gasteiger partial charge in [0.05, 0.1) is 23.2 Å². The molecule has 0 bridgehead atoms. The third kappa shape index (κ3) is 2.11. The summed E-state index contributed by atoms with van der Waals surface area (Å²) < 4.78 is 5.05. The van der Waals surface area contributed by atoms with Gasteiger partial charge in [0, 0.05) is 19.0 Å². The summed E-state index contributed by atoms with van der Waals surface area (Å²) in [6.45, 7) is 0.506. The van der Waals surface area contributed by atoms with Crippen LogP contribution in [0.2, 0.25) is 5.02 Å². The van der Waals surface area contributed by atoms with E-state index < -0.39 is 0 Å². The van der Waals surface area contributed by atoms with Gasteiger partial charge in [-0.1, -0.05) is 11.6 Å². The van der Waals surface area contributed by atoms with Crippen LogP contribution in [0.4, 0.5) is 5.69 Å². The summed E-state index contributed by atoms with van der Waals surface area (Å²) in [6, 6.07) is 5.23. The molecule has 16 heavy (non-hydrogen) atoms. The summed E-state index contributed by atoms with van der Waals surface area (Å²) in [7, 11) is 1.57. The van der Waals surface area contributed by atoms with Crippen LogP contribution in [0.15, 0.2) is 18.2 Å². The number of hydrogen-bond donors (Lipinski definition) is 0. The number of hydrogen-bond acceptors (Lipinski definition) is 2. The molecule has 0 spiro atoms. The Morgan fingerprint density at radius 3 is 2.75 bits per heavy atom. The van der Waals surface area contributed by atoms with Crippen molar-refractivity contribution in [3.63, 3.8) is 0 Å². The standard InChI is InChI=1S/C11H11Cl2NO2/c1-16-8-2-3-10(9(13)5-8)14-6-7(12)4-11(14)15/h2-3,5,7H,4,6H2,1H3. The van der Waals surface area contributed by atoms with Gasteiger partial charge in [-0.25, -0.2) is 0 Å². The van der Waals surface area contributed by atoms with Crippen LogP contribution < -0.4 is 9.64 Å². The summed E-state index contributed by atoms with van der Waals surface area (Å²) in [5.41, 5.74) is 0.690. The maximum absolute atomic E-state index is 11.6. The predicted octanol–water partition coefficient (Wildman–Crippen LogP) is 2.69. The van der Waals surface area contributed by atoms with Gasteiger partial charge >= 0.3 is 0 Å². The number of rotatable bonds is 2. The number of nitrogens with zero attached hydrogens (tertiary/aromatic N) is 1. The van der Waals surface area contributed by atoms with Crippen LogP contribution in [-0.4, -0.2) is 24.9 Å². The Kier molecular flexibility index (Phi) is 3.26. The fraction of sp³-hybridized carbons (Fsp3) is 0.364. The number of ether oxygens (including phenoxy) is 1. The van der Waals surface area contributed by atoms with E-state index in [0.29, 0.717) is 29.4 Å². The fourth-order valence-electron chi connectivity index (χ4n) is 1.73. The third-order valence-electron chi connectivity index (χ3n) is 2.52. The lowest BCUT2D eigenvalue weighted by Gasteiger charge is -2.17. The molecule has 1 aliphatic heterocycles. The molecule has 1 aromatic rings. The molecular formula is C11H11Cl2NO2. The van der Waals surface area contributed by atoms with Crippen LogP contribution in [0.1, 0.15) is 6.42 Å². The van der Waals surface area contributed by atoms with Crippen molar-refractivity contribution in [1.29, 1.82) is 0 Å². The second-order valence-electron chi connectivity index (χ2n) is 3.62. The molecule has 1 amide bonds. The normalized spacial score (nSPS) is 20.3. The second-order valence-corrected chi connectivity index (χ2v) is 4.65. The van der Waals surface area contributed by atoms with Gasteiger partial charge in [-0.15, -0.1) is 11.6 Å². The minimum atomic E-state index is -0.134. The molecule has 86 valence electrons. The Hall–Kier alpha value is -0.930. The first-order valence-electron chi connectivity index (χ1n) is 4.90. The van der Waals surface area contributed by atoms with Crippen molar-refractivity contribution in [2.45, 2.75) is 11.8 Å². The van der Waals surface area contributed by atoms with Crippen molar-refractivity contribution in [3.8, 4) is 5.75 Å². The Morgan fingerprint density at radius 2 is 2.25 bits per heavy atom. The largest absolute Gasteiger partial charge is 0.497 e. The van der Waals surface area contributed by atoms with Crippen molar-refractivity contribution in [2.24, 2.45) is 0 Å². The molecule has 1 unspecified atom stereocenters. The minimum Gasteiger partial charge on any atom is -0.497 e. The number of alkyl halides is 1. The van der Waals surface area contributed by atoms with Gasteiger partial charge in [-0.2, -0.15) is 0 Å². The van der Waals surface area contributed by atoms with Gasteiger partial charge in [0.2, 0.25) is 5.91 Å². The van der Waals surface area contributed by atoms with E-state index in [1.165, 1.54) is 0 Å². The molecule has 1 heterocycles. The summed E-state index contributed by atoms with van der Waals surface area (Å²) in [5.74, 6) is 0.676. The van der Waals surface area contributed by atoms with Gasteiger partial charge < -0.3 is 9.64 Å². The summed E-state index contributed by atoms with van der Waals surface area (Å²) in [4.78, 5) is 13.3. The number of benzene rings is 1. The van der Waals surface area contributed by atoms with Gasteiger partial charge in [0.25, 0.3) is 0 Å². The molecule has 1 fully saturated rings. The lowest BCUT2D eigenvalue weighted by Crippen LogP contribution is -2.24. The molecule has 2 rings (SSSR count). The van der Waals surface area contributed by atoms with E-state index in [2.05, 4.69) is 0 Å². The van der Waals surface area contributed by atoms with Crippen LogP contribution in [-0.2, 0) is 4.79 Å².